The molecule has 2 aliphatic heterocycles. The number of nitro groups is 1. The zero-order valence-corrected chi connectivity index (χ0v) is 17.7. The number of hydrogen-bond acceptors (Lipinski definition) is 6. The number of methoxy groups -OCH3 is 1. The lowest BCUT2D eigenvalue weighted by Gasteiger charge is -2.50. The van der Waals surface area contributed by atoms with Gasteiger partial charge in [-0.3, -0.25) is 19.8 Å². The van der Waals surface area contributed by atoms with Crippen LogP contribution in [0.1, 0.15) is 37.7 Å². The van der Waals surface area contributed by atoms with E-state index in [4.69, 9.17) is 4.74 Å². The summed E-state index contributed by atoms with van der Waals surface area (Å²) in [4.78, 5) is 29.0. The summed E-state index contributed by atoms with van der Waals surface area (Å²) in [6.45, 7) is 3.94. The molecule has 0 spiro atoms. The van der Waals surface area contributed by atoms with Gasteiger partial charge in [0.2, 0.25) is 5.91 Å². The monoisotopic (exact) mass is 416 g/mol. The number of non-ortho nitro benzene ring substituents is 1. The normalized spacial score (nSPS) is 24.4. The second kappa shape index (κ2) is 9.31. The molecular weight excluding hydrogens is 384 g/mol. The second-order valence-corrected chi connectivity index (χ2v) is 8.71. The molecule has 1 N–H and O–H groups in total. The molecule has 8 nitrogen and oxygen atoms in total. The predicted octanol–water partition coefficient (Wildman–Crippen LogP) is 2.35. The number of carbonyl (C=O) groups excluding carboxylic acids is 1. The number of piperazine rings is 1. The fraction of sp³-hybridized carbons (Fsp3) is 0.682. The minimum Gasteiger partial charge on any atom is -0.385 e. The lowest BCUT2D eigenvalue weighted by atomic mass is 9.82. The molecule has 30 heavy (non-hydrogen) atoms. The van der Waals surface area contributed by atoms with Crippen molar-refractivity contribution in [2.45, 2.75) is 50.6 Å². The molecule has 1 saturated carbocycles. The highest BCUT2D eigenvalue weighted by Gasteiger charge is 2.43. The van der Waals surface area contributed by atoms with Crippen molar-refractivity contribution in [1.82, 2.24) is 10.2 Å². The number of hydrogen-bond donors (Lipinski definition) is 1. The molecule has 0 bridgehead atoms. The Kier molecular flexibility index (Phi) is 6.53. The Hall–Kier alpha value is -2.19. The summed E-state index contributed by atoms with van der Waals surface area (Å²) in [7, 11) is 1.66. The number of anilines is 1. The van der Waals surface area contributed by atoms with Crippen molar-refractivity contribution in [3.8, 4) is 0 Å². The topological polar surface area (TPSA) is 87.9 Å². The molecule has 0 radical (unpaired) electrons. The van der Waals surface area contributed by atoms with Gasteiger partial charge in [0.1, 0.15) is 0 Å². The molecular formula is C22H32N4O4. The van der Waals surface area contributed by atoms with E-state index in [9.17, 15) is 14.9 Å². The lowest BCUT2D eigenvalue weighted by Crippen LogP contribution is -2.62. The van der Waals surface area contributed by atoms with E-state index in [0.29, 0.717) is 25.6 Å². The molecule has 2 fully saturated rings. The highest BCUT2D eigenvalue weighted by Crippen LogP contribution is 2.39. The summed E-state index contributed by atoms with van der Waals surface area (Å²) in [5, 5.41) is 14.3. The molecule has 1 aromatic rings. The van der Waals surface area contributed by atoms with Crippen LogP contribution in [0.3, 0.4) is 0 Å². The van der Waals surface area contributed by atoms with E-state index in [1.807, 2.05) is 6.07 Å². The van der Waals surface area contributed by atoms with Gasteiger partial charge < -0.3 is 15.0 Å². The number of nitrogens with zero attached hydrogens (tertiary/aromatic N) is 3. The van der Waals surface area contributed by atoms with Gasteiger partial charge in [-0.25, -0.2) is 0 Å². The van der Waals surface area contributed by atoms with E-state index in [2.05, 4.69) is 15.1 Å². The summed E-state index contributed by atoms with van der Waals surface area (Å²) < 4.78 is 5.08. The molecule has 0 aromatic heterocycles. The van der Waals surface area contributed by atoms with Crippen LogP contribution in [0.2, 0.25) is 0 Å². The number of amides is 1. The zero-order valence-electron chi connectivity index (χ0n) is 17.7. The van der Waals surface area contributed by atoms with Crippen molar-refractivity contribution in [3.05, 3.63) is 33.9 Å². The maximum Gasteiger partial charge on any atom is 0.269 e. The maximum absolute atomic E-state index is 13.1. The summed E-state index contributed by atoms with van der Waals surface area (Å²) in [5.74, 6) is -0.155. The first-order valence-corrected chi connectivity index (χ1v) is 11.1. The fourth-order valence-corrected chi connectivity index (χ4v) is 5.41. The van der Waals surface area contributed by atoms with E-state index in [1.54, 1.807) is 19.2 Å². The first kappa shape index (κ1) is 21.1. The minimum atomic E-state index is -0.357. The molecule has 1 amide bonds. The molecule has 2 heterocycles. The quantitative estimate of drug-likeness (QED) is 0.417. The standard InChI is InChI=1S/C22H32N4O4/c1-30-12-4-9-23-22(27)19-14-16-13-18(26(28)29)7-8-20(16)25-11-10-24(15-21(19)25)17-5-2-3-6-17/h7-8,13,17,19,21H,2-6,9-12,14-15H2,1H3,(H,23,27)/t19-,21-/m1/s1. The Morgan fingerprint density at radius 2 is 2.10 bits per heavy atom. The minimum absolute atomic E-state index is 0.0477. The van der Waals surface area contributed by atoms with Crippen LogP contribution in [0.5, 0.6) is 0 Å². The third-order valence-corrected chi connectivity index (χ3v) is 6.94. The van der Waals surface area contributed by atoms with Crippen molar-refractivity contribution in [2.75, 3.05) is 44.8 Å². The largest absolute Gasteiger partial charge is 0.385 e. The summed E-state index contributed by atoms with van der Waals surface area (Å²) in [6.07, 6.45) is 6.43. The maximum atomic E-state index is 13.1. The van der Waals surface area contributed by atoms with Crippen molar-refractivity contribution in [2.24, 2.45) is 5.92 Å². The van der Waals surface area contributed by atoms with Crippen LogP contribution in [-0.2, 0) is 16.0 Å². The van der Waals surface area contributed by atoms with Gasteiger partial charge in [0.05, 0.1) is 16.9 Å². The van der Waals surface area contributed by atoms with Crippen LogP contribution >= 0.6 is 0 Å². The first-order chi connectivity index (χ1) is 14.6. The van der Waals surface area contributed by atoms with Crippen LogP contribution < -0.4 is 10.2 Å². The van der Waals surface area contributed by atoms with Gasteiger partial charge in [-0.2, -0.15) is 0 Å². The van der Waals surface area contributed by atoms with Crippen LogP contribution in [0, 0.1) is 16.0 Å². The van der Waals surface area contributed by atoms with Crippen molar-refractivity contribution in [3.63, 3.8) is 0 Å². The highest BCUT2D eigenvalue weighted by atomic mass is 16.6. The number of rotatable bonds is 7. The number of nitrogens with one attached hydrogen (secondary N) is 1. The van der Waals surface area contributed by atoms with Gasteiger partial charge in [-0.05, 0) is 37.3 Å². The summed E-state index contributed by atoms with van der Waals surface area (Å²) >= 11 is 0. The van der Waals surface area contributed by atoms with Gasteiger partial charge in [-0.1, -0.05) is 12.8 Å². The smallest absolute Gasteiger partial charge is 0.269 e. The van der Waals surface area contributed by atoms with Crippen LogP contribution in [0.15, 0.2) is 18.2 Å². The number of fused-ring (bicyclic) bond motifs is 3. The molecule has 3 aliphatic rings. The molecule has 1 aromatic carbocycles. The molecule has 8 heteroatoms. The lowest BCUT2D eigenvalue weighted by molar-refractivity contribution is -0.384. The van der Waals surface area contributed by atoms with Gasteiger partial charge in [0.15, 0.2) is 0 Å². The van der Waals surface area contributed by atoms with Gasteiger partial charge in [-0.15, -0.1) is 0 Å². The van der Waals surface area contributed by atoms with E-state index in [0.717, 1.165) is 37.3 Å². The predicted molar refractivity (Wildman–Crippen MR) is 115 cm³/mol. The fourth-order valence-electron chi connectivity index (χ4n) is 5.41. The van der Waals surface area contributed by atoms with E-state index >= 15 is 0 Å². The van der Waals surface area contributed by atoms with Crippen LogP contribution in [-0.4, -0.2) is 67.7 Å². The third kappa shape index (κ3) is 4.30. The number of benzene rings is 1. The van der Waals surface area contributed by atoms with Gasteiger partial charge in [0, 0.05) is 63.8 Å². The molecule has 164 valence electrons. The van der Waals surface area contributed by atoms with Gasteiger partial charge >= 0.3 is 0 Å². The van der Waals surface area contributed by atoms with E-state index in [1.165, 1.54) is 25.7 Å². The Morgan fingerprint density at radius 1 is 1.30 bits per heavy atom. The molecule has 2 atom stereocenters. The number of carbonyl (C=O) groups is 1. The van der Waals surface area contributed by atoms with Crippen molar-refractivity contribution >= 4 is 17.3 Å². The number of ether oxygens (including phenoxy) is 1. The van der Waals surface area contributed by atoms with Gasteiger partial charge in [0.25, 0.3) is 5.69 Å². The Labute approximate surface area is 177 Å². The van der Waals surface area contributed by atoms with Crippen molar-refractivity contribution in [1.29, 1.82) is 0 Å². The first-order valence-electron chi connectivity index (χ1n) is 11.1. The molecule has 0 unspecified atom stereocenters. The SMILES string of the molecule is COCCCNC(=O)[C@@H]1Cc2cc([N+](=O)[O-])ccc2N2CCN(C3CCCC3)C[C@H]12. The second-order valence-electron chi connectivity index (χ2n) is 8.71. The zero-order chi connectivity index (χ0) is 21.1. The van der Waals surface area contributed by atoms with Crippen molar-refractivity contribution < 1.29 is 14.5 Å². The Balaban J connectivity index is 1.57. The average Bonchev–Trinajstić information content (AvgIpc) is 3.30. The molecule has 1 aliphatic carbocycles. The van der Waals surface area contributed by atoms with Crippen LogP contribution in [0.25, 0.3) is 0 Å². The summed E-state index contributed by atoms with van der Waals surface area (Å²) in [5.41, 5.74) is 2.06. The average molecular weight is 417 g/mol. The molecule has 4 rings (SSSR count). The third-order valence-electron chi connectivity index (χ3n) is 6.94. The van der Waals surface area contributed by atoms with E-state index < -0.39 is 0 Å². The molecule has 1 saturated heterocycles. The Morgan fingerprint density at radius 3 is 2.83 bits per heavy atom. The Bertz CT molecular complexity index is 780. The number of nitro benzene ring substituents is 1. The highest BCUT2D eigenvalue weighted by molar-refractivity contribution is 5.82. The van der Waals surface area contributed by atoms with Crippen LogP contribution in [0.4, 0.5) is 11.4 Å². The summed E-state index contributed by atoms with van der Waals surface area (Å²) in [6, 6.07) is 5.86. The van der Waals surface area contributed by atoms with E-state index in [-0.39, 0.29) is 28.5 Å².